The first-order valence-corrected chi connectivity index (χ1v) is 14.7. The summed E-state index contributed by atoms with van der Waals surface area (Å²) in [5, 5.41) is 0. The zero-order valence-electron chi connectivity index (χ0n) is 13.3. The summed E-state index contributed by atoms with van der Waals surface area (Å²) in [6, 6.07) is 12.2. The summed E-state index contributed by atoms with van der Waals surface area (Å²) in [4.78, 5) is 11.4. The molecule has 0 saturated carbocycles. The van der Waals surface area contributed by atoms with Crippen LogP contribution in [0.4, 0.5) is 0 Å². The Hall–Kier alpha value is -0.197. The van der Waals surface area contributed by atoms with Crippen molar-refractivity contribution in [2.24, 2.45) is 5.73 Å². The predicted octanol–water partition coefficient (Wildman–Crippen LogP) is 3.74. The molecule has 0 aliphatic heterocycles. The van der Waals surface area contributed by atoms with Crippen LogP contribution >= 0.6 is 27.2 Å². The van der Waals surface area contributed by atoms with Crippen LogP contribution in [-0.2, 0) is 26.3 Å². The number of nitrogens with zero attached hydrogens (tertiary/aromatic N) is 3. The molecule has 0 aliphatic carbocycles. The summed E-state index contributed by atoms with van der Waals surface area (Å²) >= 11 is 6.72. The van der Waals surface area contributed by atoms with Crippen LogP contribution < -0.4 is 5.73 Å². The summed E-state index contributed by atoms with van der Waals surface area (Å²) in [6.07, 6.45) is 0. The van der Waals surface area contributed by atoms with Crippen molar-refractivity contribution in [3.63, 3.8) is 0 Å². The molecule has 4 nitrogen and oxygen atoms in total. The SMILES string of the molecule is Cc1cccc(CN(CCN)Cc2cccc(C)n2)n1.[Br][Rh][Br]. The Bertz CT molecular complexity index is 536. The number of aromatic nitrogens is 2. The molecule has 129 valence electrons. The van der Waals surface area contributed by atoms with Gasteiger partial charge in [0.25, 0.3) is 0 Å². The van der Waals surface area contributed by atoms with Gasteiger partial charge >= 0.3 is 40.5 Å². The van der Waals surface area contributed by atoms with E-state index in [9.17, 15) is 0 Å². The van der Waals surface area contributed by atoms with E-state index >= 15 is 0 Å². The van der Waals surface area contributed by atoms with E-state index in [1.807, 2.05) is 38.1 Å². The Kier molecular flexibility index (Phi) is 11.1. The average Bonchev–Trinajstić information content (AvgIpc) is 2.48. The molecule has 2 rings (SSSR count). The van der Waals surface area contributed by atoms with Crippen LogP contribution in [-0.4, -0.2) is 28.0 Å². The first-order chi connectivity index (χ1) is 11.1. The molecule has 0 fully saturated rings. The molecule has 0 atom stereocenters. The summed E-state index contributed by atoms with van der Waals surface area (Å²) in [6.45, 7) is 7.10. The van der Waals surface area contributed by atoms with E-state index in [1.165, 1.54) is 0 Å². The predicted molar refractivity (Wildman–Crippen MR) is 99.0 cm³/mol. The van der Waals surface area contributed by atoms with E-state index in [4.69, 9.17) is 5.73 Å². The molecule has 0 aliphatic rings. The molecule has 2 N–H and O–H groups in total. The standard InChI is InChI=1S/C16H22N4.2BrH.Rh/c1-13-5-3-7-15(18-13)11-20(10-9-17)12-16-8-4-6-14(2)19-16;;;/h3-8H,9-12,17H2,1-2H3;2*1H;/q;;;+2/p-2. The molecule has 23 heavy (non-hydrogen) atoms. The van der Waals surface area contributed by atoms with Crippen molar-refractivity contribution in [1.29, 1.82) is 0 Å². The summed E-state index contributed by atoms with van der Waals surface area (Å²) < 4.78 is 0. The van der Waals surface area contributed by atoms with E-state index in [2.05, 4.69) is 54.2 Å². The van der Waals surface area contributed by atoms with E-state index in [0.717, 1.165) is 42.4 Å². The van der Waals surface area contributed by atoms with Gasteiger partial charge in [-0.3, -0.25) is 14.9 Å². The van der Waals surface area contributed by atoms with Gasteiger partial charge in [0.1, 0.15) is 0 Å². The van der Waals surface area contributed by atoms with Gasteiger partial charge in [-0.2, -0.15) is 0 Å². The van der Waals surface area contributed by atoms with Gasteiger partial charge in [0.15, 0.2) is 0 Å². The third kappa shape index (κ3) is 9.01. The molecule has 0 saturated heterocycles. The number of aryl methyl sites for hydroxylation is 2. The van der Waals surface area contributed by atoms with Crippen molar-refractivity contribution in [3.8, 4) is 0 Å². The van der Waals surface area contributed by atoms with Crippen molar-refractivity contribution in [2.75, 3.05) is 13.1 Å². The van der Waals surface area contributed by atoms with Crippen LogP contribution in [0.3, 0.4) is 0 Å². The Balaban J connectivity index is 0.000000816. The normalized spacial score (nSPS) is 10.5. The number of rotatable bonds is 6. The van der Waals surface area contributed by atoms with Gasteiger partial charge < -0.3 is 5.73 Å². The molecule has 0 unspecified atom stereocenters. The first kappa shape index (κ1) is 20.8. The Morgan fingerprint density at radius 3 is 1.74 bits per heavy atom. The zero-order valence-corrected chi connectivity index (χ0v) is 18.1. The van der Waals surface area contributed by atoms with E-state index in [-0.39, 0.29) is 0 Å². The number of halogens is 2. The Labute approximate surface area is 159 Å². The second-order valence-corrected chi connectivity index (χ2v) is 12.6. The van der Waals surface area contributed by atoms with E-state index in [0.29, 0.717) is 19.8 Å². The van der Waals surface area contributed by atoms with Crippen molar-refractivity contribution in [2.45, 2.75) is 26.9 Å². The van der Waals surface area contributed by atoms with Gasteiger partial charge in [0.2, 0.25) is 0 Å². The third-order valence-corrected chi connectivity index (χ3v) is 3.11. The summed E-state index contributed by atoms with van der Waals surface area (Å²) in [5.41, 5.74) is 9.95. The molecule has 2 aromatic heterocycles. The molecule has 2 aromatic rings. The number of nitrogens with two attached hydrogens (primary N) is 1. The number of hydrogen-bond donors (Lipinski definition) is 1. The quantitative estimate of drug-likeness (QED) is 0.576. The molecule has 0 bridgehead atoms. The molecule has 0 spiro atoms. The summed E-state index contributed by atoms with van der Waals surface area (Å²) in [7, 11) is 0. The molecular formula is C16H22Br2N4Rh. The second-order valence-electron chi connectivity index (χ2n) is 5.09. The van der Waals surface area contributed by atoms with E-state index < -0.39 is 0 Å². The molecule has 0 amide bonds. The van der Waals surface area contributed by atoms with Gasteiger partial charge in [-0.15, -0.1) is 0 Å². The molecule has 0 aromatic carbocycles. The second kappa shape index (κ2) is 12.2. The minimum absolute atomic E-state index is 0.455. The van der Waals surface area contributed by atoms with Crippen LogP contribution in [0.1, 0.15) is 22.8 Å². The fraction of sp³-hybridized carbons (Fsp3) is 0.375. The zero-order chi connectivity index (χ0) is 17.1. The minimum atomic E-state index is 0.455. The van der Waals surface area contributed by atoms with Crippen LogP contribution in [0, 0.1) is 13.8 Å². The maximum atomic E-state index is 5.71. The number of pyridine rings is 2. The molecular weight excluding hydrogens is 511 g/mol. The van der Waals surface area contributed by atoms with Gasteiger partial charge in [0, 0.05) is 37.6 Å². The van der Waals surface area contributed by atoms with Crippen LogP contribution in [0.5, 0.6) is 0 Å². The maximum absolute atomic E-state index is 5.71. The fourth-order valence-electron chi connectivity index (χ4n) is 2.23. The van der Waals surface area contributed by atoms with Gasteiger partial charge in [-0.05, 0) is 38.1 Å². The van der Waals surface area contributed by atoms with Crippen molar-refractivity contribution in [3.05, 3.63) is 59.2 Å². The fourth-order valence-corrected chi connectivity index (χ4v) is 2.23. The summed E-state index contributed by atoms with van der Waals surface area (Å²) in [5.74, 6) is 0. The van der Waals surface area contributed by atoms with Crippen molar-refractivity contribution in [1.82, 2.24) is 14.9 Å². The van der Waals surface area contributed by atoms with Crippen LogP contribution in [0.15, 0.2) is 36.4 Å². The van der Waals surface area contributed by atoms with Crippen molar-refractivity contribution >= 4 is 27.2 Å². The third-order valence-electron chi connectivity index (χ3n) is 3.11. The Morgan fingerprint density at radius 2 is 1.39 bits per heavy atom. The monoisotopic (exact) mass is 531 g/mol. The van der Waals surface area contributed by atoms with Gasteiger partial charge in [0.05, 0.1) is 11.4 Å². The van der Waals surface area contributed by atoms with Gasteiger partial charge in [-0.1, -0.05) is 12.1 Å². The number of hydrogen-bond acceptors (Lipinski definition) is 4. The van der Waals surface area contributed by atoms with Crippen LogP contribution in [0.25, 0.3) is 0 Å². The molecule has 0 radical (unpaired) electrons. The van der Waals surface area contributed by atoms with Crippen molar-refractivity contribution < 1.29 is 13.2 Å². The van der Waals surface area contributed by atoms with Crippen LogP contribution in [0.2, 0.25) is 0 Å². The average molecular weight is 533 g/mol. The topological polar surface area (TPSA) is 55.0 Å². The molecule has 2 heterocycles. The van der Waals surface area contributed by atoms with Gasteiger partial charge in [-0.25, -0.2) is 0 Å². The van der Waals surface area contributed by atoms with E-state index in [1.54, 1.807) is 0 Å². The first-order valence-electron chi connectivity index (χ1n) is 7.20. The Morgan fingerprint density at radius 1 is 0.957 bits per heavy atom. The molecule has 7 heteroatoms.